The van der Waals surface area contributed by atoms with Gasteiger partial charge in [-0.05, 0) is 33.4 Å². The van der Waals surface area contributed by atoms with Crippen LogP contribution in [-0.4, -0.2) is 84.8 Å². The van der Waals surface area contributed by atoms with Gasteiger partial charge in [0.2, 0.25) is 0 Å². The average Bonchev–Trinajstić information content (AvgIpc) is 3.70. The Morgan fingerprint density at radius 1 is 0.492 bits per heavy atom. The van der Waals surface area contributed by atoms with E-state index in [1.165, 1.54) is 0 Å². The van der Waals surface area contributed by atoms with Crippen LogP contribution >= 0.6 is 0 Å². The van der Waals surface area contributed by atoms with Gasteiger partial charge in [-0.25, -0.2) is 4.79 Å². The van der Waals surface area contributed by atoms with E-state index in [2.05, 4.69) is 0 Å². The Balaban J connectivity index is 1.12. The Morgan fingerprint density at radius 2 is 0.892 bits per heavy atom. The number of aliphatic hydroxyl groups excluding tert-OH is 1. The van der Waals surface area contributed by atoms with Gasteiger partial charge >= 0.3 is 6.09 Å². The number of amides is 1. The first-order valence-corrected chi connectivity index (χ1v) is 22.2. The number of rotatable bonds is 21. The molecule has 0 unspecified atom stereocenters. The van der Waals surface area contributed by atoms with Crippen LogP contribution in [0.5, 0.6) is 0 Å². The third-order valence-corrected chi connectivity index (χ3v) is 11.5. The maximum atomic E-state index is 14.3. The number of aliphatic hydroxyl groups is 1. The molecule has 11 nitrogen and oxygen atoms in total. The van der Waals surface area contributed by atoms with Crippen molar-refractivity contribution in [1.82, 2.24) is 4.90 Å². The summed E-state index contributed by atoms with van der Waals surface area (Å²) < 4.78 is 52.6. The molecule has 2 saturated heterocycles. The van der Waals surface area contributed by atoms with Gasteiger partial charge in [0.15, 0.2) is 6.29 Å². The second-order valence-corrected chi connectivity index (χ2v) is 16.3. The molecule has 1 N–H and O–H groups in total. The number of likely N-dealkylation sites (tertiary alicyclic amines) is 1. The minimum atomic E-state index is -1.17. The van der Waals surface area contributed by atoms with E-state index in [9.17, 15) is 9.90 Å². The maximum absolute atomic E-state index is 14.3. The van der Waals surface area contributed by atoms with Gasteiger partial charge in [0.1, 0.15) is 43.2 Å². The fourth-order valence-electron chi connectivity index (χ4n) is 8.09. The molecule has 338 valence electrons. The third kappa shape index (κ3) is 13.2. The van der Waals surface area contributed by atoms with E-state index in [-0.39, 0.29) is 46.2 Å². The van der Waals surface area contributed by atoms with Gasteiger partial charge < -0.3 is 43.0 Å². The molecule has 0 radical (unpaired) electrons. The van der Waals surface area contributed by atoms with Gasteiger partial charge in [0, 0.05) is 0 Å². The molecule has 0 aromatic heterocycles. The summed E-state index contributed by atoms with van der Waals surface area (Å²) in [6, 6.07) is 58.0. The summed E-state index contributed by atoms with van der Waals surface area (Å²) in [6.45, 7) is 1.60. The van der Waals surface area contributed by atoms with Crippen LogP contribution in [-0.2, 0) is 77.5 Å². The average molecular weight is 880 g/mol. The van der Waals surface area contributed by atoms with Crippen molar-refractivity contribution >= 4 is 6.09 Å². The van der Waals surface area contributed by atoms with Crippen molar-refractivity contribution in [3.8, 4) is 0 Å². The standard InChI is InChI=1S/C54H57NO10/c56-49-48(39-59-33-41-21-9-2-10-22-41)64-53(52(62-36-44-27-15-5-16-28-44)51(49)61-35-43-25-13-4-14-26-43)65-50-46(38-58-32-40-19-7-1-8-20-40)55(54(57)63-37-45-29-17-6-18-30-45)31-47(50)60-34-42-23-11-3-12-24-42/h1-30,46-53,56H,31-39H2/t46-,47-,48-,49-,50-,51+,52-,53-/m1/s1. The molecule has 65 heavy (non-hydrogen) atoms. The van der Waals surface area contributed by atoms with E-state index < -0.39 is 55.0 Å². The van der Waals surface area contributed by atoms with Crippen LogP contribution in [0.2, 0.25) is 0 Å². The van der Waals surface area contributed by atoms with Gasteiger partial charge in [-0.2, -0.15) is 0 Å². The molecule has 0 aliphatic carbocycles. The summed E-state index contributed by atoms with van der Waals surface area (Å²) in [5, 5.41) is 12.2. The van der Waals surface area contributed by atoms with Crippen LogP contribution in [0.4, 0.5) is 4.79 Å². The Morgan fingerprint density at radius 3 is 1.37 bits per heavy atom. The molecular formula is C54H57NO10. The second-order valence-electron chi connectivity index (χ2n) is 16.3. The van der Waals surface area contributed by atoms with Crippen molar-refractivity contribution < 1.29 is 47.8 Å². The highest BCUT2D eigenvalue weighted by Crippen LogP contribution is 2.34. The number of carbonyl (C=O) groups excluding carboxylic acids is 1. The van der Waals surface area contributed by atoms with Crippen LogP contribution in [0.25, 0.3) is 0 Å². The zero-order chi connectivity index (χ0) is 44.5. The molecule has 0 saturated carbocycles. The van der Waals surface area contributed by atoms with Gasteiger partial charge in [-0.1, -0.05) is 182 Å². The lowest BCUT2D eigenvalue weighted by atomic mass is 9.98. The van der Waals surface area contributed by atoms with Crippen molar-refractivity contribution in [2.45, 2.75) is 88.6 Å². The Hall–Kier alpha value is -5.73. The zero-order valence-corrected chi connectivity index (χ0v) is 36.4. The van der Waals surface area contributed by atoms with Crippen LogP contribution in [0.15, 0.2) is 182 Å². The fourth-order valence-corrected chi connectivity index (χ4v) is 8.09. The van der Waals surface area contributed by atoms with Crippen molar-refractivity contribution in [2.75, 3.05) is 19.8 Å². The Labute approximate surface area is 381 Å². The van der Waals surface area contributed by atoms with Crippen molar-refractivity contribution in [3.63, 3.8) is 0 Å². The maximum Gasteiger partial charge on any atom is 0.410 e. The molecule has 0 bridgehead atoms. The van der Waals surface area contributed by atoms with Crippen LogP contribution in [0.3, 0.4) is 0 Å². The summed E-state index contributed by atoms with van der Waals surface area (Å²) in [4.78, 5) is 15.9. The largest absolute Gasteiger partial charge is 0.445 e. The number of hydrogen-bond acceptors (Lipinski definition) is 10. The van der Waals surface area contributed by atoms with Crippen LogP contribution in [0, 0.1) is 0 Å². The minimum Gasteiger partial charge on any atom is -0.445 e. The summed E-state index contributed by atoms with van der Waals surface area (Å²) in [6.07, 6.45) is -7.06. The van der Waals surface area contributed by atoms with E-state index in [4.69, 9.17) is 37.9 Å². The summed E-state index contributed by atoms with van der Waals surface area (Å²) in [7, 11) is 0. The highest BCUT2D eigenvalue weighted by Gasteiger charge is 2.53. The molecule has 2 heterocycles. The molecule has 6 aromatic rings. The predicted molar refractivity (Wildman–Crippen MR) is 244 cm³/mol. The molecule has 2 fully saturated rings. The highest BCUT2D eigenvalue weighted by molar-refractivity contribution is 5.69. The van der Waals surface area contributed by atoms with Gasteiger partial charge in [-0.15, -0.1) is 0 Å². The van der Waals surface area contributed by atoms with Crippen LogP contribution in [0.1, 0.15) is 33.4 Å². The van der Waals surface area contributed by atoms with Crippen molar-refractivity contribution in [1.29, 1.82) is 0 Å². The van der Waals surface area contributed by atoms with Crippen LogP contribution < -0.4 is 0 Å². The first-order valence-electron chi connectivity index (χ1n) is 22.2. The second kappa shape index (κ2) is 24.0. The van der Waals surface area contributed by atoms with Gasteiger partial charge in [-0.3, -0.25) is 4.90 Å². The quantitative estimate of drug-likeness (QED) is 0.0754. The summed E-state index contributed by atoms with van der Waals surface area (Å²) >= 11 is 0. The molecule has 2 aliphatic heterocycles. The van der Waals surface area contributed by atoms with E-state index in [0.717, 1.165) is 33.4 Å². The van der Waals surface area contributed by atoms with Crippen molar-refractivity contribution in [3.05, 3.63) is 215 Å². The monoisotopic (exact) mass is 879 g/mol. The normalized spacial score (nSPS) is 23.0. The Bertz CT molecular complexity index is 2260. The third-order valence-electron chi connectivity index (χ3n) is 11.5. The number of ether oxygens (including phenoxy) is 8. The molecule has 8 rings (SSSR count). The number of hydrogen-bond donors (Lipinski definition) is 1. The number of nitrogens with zero attached hydrogens (tertiary/aromatic N) is 1. The summed E-state index contributed by atoms with van der Waals surface area (Å²) in [5.74, 6) is 0. The molecule has 2 aliphatic rings. The first-order chi connectivity index (χ1) is 32.1. The molecule has 0 spiro atoms. The molecule has 8 atom stereocenters. The van der Waals surface area contributed by atoms with Crippen molar-refractivity contribution in [2.24, 2.45) is 0 Å². The van der Waals surface area contributed by atoms with E-state index in [1.54, 1.807) is 4.90 Å². The lowest BCUT2D eigenvalue weighted by Crippen LogP contribution is -2.62. The summed E-state index contributed by atoms with van der Waals surface area (Å²) in [5.41, 5.74) is 5.62. The van der Waals surface area contributed by atoms with E-state index >= 15 is 0 Å². The lowest BCUT2D eigenvalue weighted by Gasteiger charge is -2.45. The fraction of sp³-hybridized carbons (Fsp3) is 0.315. The van der Waals surface area contributed by atoms with Gasteiger partial charge in [0.05, 0.1) is 58.8 Å². The lowest BCUT2D eigenvalue weighted by molar-refractivity contribution is -0.335. The molecular weight excluding hydrogens is 823 g/mol. The van der Waals surface area contributed by atoms with Gasteiger partial charge in [0.25, 0.3) is 0 Å². The molecule has 11 heteroatoms. The highest BCUT2D eigenvalue weighted by atomic mass is 16.7. The number of benzene rings is 6. The smallest absolute Gasteiger partial charge is 0.410 e. The topological polar surface area (TPSA) is 114 Å². The first kappa shape index (κ1) is 45.8. The molecule has 6 aromatic carbocycles. The SMILES string of the molecule is O=C(OCc1ccccc1)N1C[C@@H](OCc2ccccc2)[C@H](O[C@H]2O[C@H](COCc3ccccc3)[C@@H](O)[C@H](OCc3ccccc3)[C@H]2OCc2ccccc2)[C@H]1COCc1ccccc1. The van der Waals surface area contributed by atoms with E-state index in [0.29, 0.717) is 13.2 Å². The molecule has 1 amide bonds. The predicted octanol–water partition coefficient (Wildman–Crippen LogP) is 8.67. The van der Waals surface area contributed by atoms with E-state index in [1.807, 2.05) is 182 Å². The Kier molecular flexibility index (Phi) is 16.9. The minimum absolute atomic E-state index is 0.0344. The zero-order valence-electron chi connectivity index (χ0n) is 36.4. The number of carbonyl (C=O) groups is 1.